The van der Waals surface area contributed by atoms with E-state index in [2.05, 4.69) is 11.9 Å². The number of thioether (sulfide) groups is 1. The Morgan fingerprint density at radius 1 is 1.50 bits per heavy atom. The Kier molecular flexibility index (Phi) is 8.53. The molecule has 6 heteroatoms. The van der Waals surface area contributed by atoms with Crippen LogP contribution >= 0.6 is 24.2 Å². The molecule has 22 heavy (non-hydrogen) atoms. The molecule has 1 fully saturated rings. The maximum absolute atomic E-state index is 13.7. The number of rotatable bonds is 6. The monoisotopic (exact) mass is 344 g/mol. The quantitative estimate of drug-likeness (QED) is 0.805. The zero-order chi connectivity index (χ0) is 15.1. The van der Waals surface area contributed by atoms with Gasteiger partial charge in [-0.3, -0.25) is 4.79 Å². The second-order valence-electron chi connectivity index (χ2n) is 5.08. The van der Waals surface area contributed by atoms with Crippen LogP contribution in [0.4, 0.5) is 4.39 Å². The lowest BCUT2D eigenvalue weighted by atomic mass is 10.1. The fraction of sp³-hybridized carbons (Fsp3) is 0.438. The number of amides is 1. The van der Waals surface area contributed by atoms with Crippen LogP contribution < -0.4 is 5.32 Å². The highest BCUT2D eigenvalue weighted by Gasteiger charge is 2.21. The standard InChI is InChI=1S/C16H21FN2OS.ClH/c1-2-8-19(11-13-5-3-4-6-15(13)17)16(20)10-14-12-21-9-7-18-14;/h2-6,14,18H,1,7-12H2;1H. The largest absolute Gasteiger partial charge is 0.335 e. The Morgan fingerprint density at radius 3 is 2.91 bits per heavy atom. The minimum Gasteiger partial charge on any atom is -0.335 e. The van der Waals surface area contributed by atoms with E-state index in [0.717, 1.165) is 18.1 Å². The summed E-state index contributed by atoms with van der Waals surface area (Å²) in [5.74, 6) is 1.81. The maximum atomic E-state index is 13.7. The predicted molar refractivity (Wildman–Crippen MR) is 93.0 cm³/mol. The predicted octanol–water partition coefficient (Wildman–Crippen LogP) is 2.86. The van der Waals surface area contributed by atoms with Crippen LogP contribution in [0.2, 0.25) is 0 Å². The van der Waals surface area contributed by atoms with Gasteiger partial charge in [0.2, 0.25) is 5.91 Å². The molecule has 122 valence electrons. The van der Waals surface area contributed by atoms with Crippen LogP contribution in [-0.2, 0) is 11.3 Å². The smallest absolute Gasteiger partial charge is 0.224 e. The average molecular weight is 345 g/mol. The minimum atomic E-state index is -0.272. The van der Waals surface area contributed by atoms with Crippen LogP contribution in [0, 0.1) is 5.82 Å². The topological polar surface area (TPSA) is 32.3 Å². The van der Waals surface area contributed by atoms with Crippen LogP contribution in [0.1, 0.15) is 12.0 Å². The van der Waals surface area contributed by atoms with Gasteiger partial charge >= 0.3 is 0 Å². The van der Waals surface area contributed by atoms with Crippen molar-refractivity contribution >= 4 is 30.1 Å². The molecule has 1 aromatic rings. The van der Waals surface area contributed by atoms with E-state index in [-0.39, 0.29) is 36.7 Å². The number of halogens is 2. The number of nitrogens with zero attached hydrogens (tertiary/aromatic N) is 1. The Hall–Kier alpha value is -1.04. The number of carbonyl (C=O) groups excluding carboxylic acids is 1. The molecule has 2 rings (SSSR count). The van der Waals surface area contributed by atoms with Gasteiger partial charge in [-0.15, -0.1) is 19.0 Å². The number of nitrogens with one attached hydrogen (secondary N) is 1. The van der Waals surface area contributed by atoms with Gasteiger partial charge in [0.25, 0.3) is 0 Å². The van der Waals surface area contributed by atoms with Gasteiger partial charge in [0, 0.05) is 49.2 Å². The molecule has 0 bridgehead atoms. The third-order valence-corrected chi connectivity index (χ3v) is 4.57. The molecular weight excluding hydrogens is 323 g/mol. The van der Waals surface area contributed by atoms with Crippen LogP contribution in [0.5, 0.6) is 0 Å². The van der Waals surface area contributed by atoms with Crippen molar-refractivity contribution in [2.75, 3.05) is 24.6 Å². The Bertz CT molecular complexity index is 495. The summed E-state index contributed by atoms with van der Waals surface area (Å²) < 4.78 is 13.7. The molecule has 0 aliphatic carbocycles. The van der Waals surface area contributed by atoms with Gasteiger partial charge in [0.15, 0.2) is 0 Å². The molecule has 1 saturated heterocycles. The van der Waals surface area contributed by atoms with E-state index >= 15 is 0 Å². The summed E-state index contributed by atoms with van der Waals surface area (Å²) in [6, 6.07) is 6.79. The van der Waals surface area contributed by atoms with Crippen LogP contribution in [0.3, 0.4) is 0 Å². The normalized spacial score (nSPS) is 17.4. The molecule has 1 aliphatic rings. The highest BCUT2D eigenvalue weighted by atomic mass is 35.5. The molecule has 1 aliphatic heterocycles. The second-order valence-corrected chi connectivity index (χ2v) is 6.23. The third-order valence-electron chi connectivity index (χ3n) is 3.44. The summed E-state index contributed by atoms with van der Waals surface area (Å²) in [5, 5.41) is 3.35. The molecule has 1 atom stereocenters. The summed E-state index contributed by atoms with van der Waals surface area (Å²) in [5.41, 5.74) is 0.540. The molecule has 1 N–H and O–H groups in total. The number of carbonyl (C=O) groups is 1. The first-order chi connectivity index (χ1) is 10.2. The average Bonchev–Trinajstić information content (AvgIpc) is 2.50. The zero-order valence-corrected chi connectivity index (χ0v) is 14.1. The fourth-order valence-electron chi connectivity index (χ4n) is 2.33. The van der Waals surface area contributed by atoms with Crippen molar-refractivity contribution in [3.8, 4) is 0 Å². The number of benzene rings is 1. The van der Waals surface area contributed by atoms with Gasteiger partial charge in [-0.25, -0.2) is 4.39 Å². The molecule has 1 heterocycles. The first-order valence-corrected chi connectivity index (χ1v) is 8.29. The van der Waals surface area contributed by atoms with Crippen molar-refractivity contribution < 1.29 is 9.18 Å². The molecular formula is C16H22ClFN2OS. The van der Waals surface area contributed by atoms with Crippen molar-refractivity contribution in [2.45, 2.75) is 19.0 Å². The lowest BCUT2D eigenvalue weighted by Gasteiger charge is -2.27. The van der Waals surface area contributed by atoms with Crippen molar-refractivity contribution in [2.24, 2.45) is 0 Å². The molecule has 0 saturated carbocycles. The third kappa shape index (κ3) is 5.63. The number of hydrogen-bond donors (Lipinski definition) is 1. The van der Waals surface area contributed by atoms with E-state index in [9.17, 15) is 9.18 Å². The highest BCUT2D eigenvalue weighted by molar-refractivity contribution is 7.99. The van der Waals surface area contributed by atoms with Crippen molar-refractivity contribution in [3.05, 3.63) is 48.3 Å². The summed E-state index contributed by atoms with van der Waals surface area (Å²) >= 11 is 1.86. The van der Waals surface area contributed by atoms with Gasteiger partial charge in [0.05, 0.1) is 0 Å². The molecule has 0 spiro atoms. The van der Waals surface area contributed by atoms with Crippen molar-refractivity contribution in [1.82, 2.24) is 10.2 Å². The SMILES string of the molecule is C=CCN(Cc1ccccc1F)C(=O)CC1CSCCN1.Cl. The minimum absolute atomic E-state index is 0. The first-order valence-electron chi connectivity index (χ1n) is 7.14. The molecule has 0 radical (unpaired) electrons. The van der Waals surface area contributed by atoms with E-state index in [1.54, 1.807) is 29.2 Å². The van der Waals surface area contributed by atoms with Gasteiger partial charge in [-0.2, -0.15) is 11.8 Å². The fourth-order valence-corrected chi connectivity index (χ4v) is 3.28. The van der Waals surface area contributed by atoms with Crippen molar-refractivity contribution in [1.29, 1.82) is 0 Å². The second kappa shape index (κ2) is 9.87. The molecule has 3 nitrogen and oxygen atoms in total. The maximum Gasteiger partial charge on any atom is 0.224 e. The lowest BCUT2D eigenvalue weighted by molar-refractivity contribution is -0.131. The van der Waals surface area contributed by atoms with Gasteiger partial charge in [-0.05, 0) is 6.07 Å². The summed E-state index contributed by atoms with van der Waals surface area (Å²) in [6.07, 6.45) is 2.14. The van der Waals surface area contributed by atoms with Gasteiger partial charge in [0.1, 0.15) is 5.82 Å². The Morgan fingerprint density at radius 2 is 2.27 bits per heavy atom. The van der Waals surface area contributed by atoms with E-state index in [0.29, 0.717) is 18.5 Å². The molecule has 1 unspecified atom stereocenters. The molecule has 1 amide bonds. The highest BCUT2D eigenvalue weighted by Crippen LogP contribution is 2.14. The van der Waals surface area contributed by atoms with Crippen LogP contribution in [-0.4, -0.2) is 41.4 Å². The zero-order valence-electron chi connectivity index (χ0n) is 12.5. The van der Waals surface area contributed by atoms with E-state index in [4.69, 9.17) is 0 Å². The van der Waals surface area contributed by atoms with E-state index in [1.165, 1.54) is 6.07 Å². The summed E-state index contributed by atoms with van der Waals surface area (Å²) in [7, 11) is 0. The van der Waals surface area contributed by atoms with E-state index in [1.807, 2.05) is 11.8 Å². The Balaban J connectivity index is 0.00000242. The van der Waals surface area contributed by atoms with E-state index < -0.39 is 0 Å². The molecule has 1 aromatic carbocycles. The lowest BCUT2D eigenvalue weighted by Crippen LogP contribution is -2.42. The van der Waals surface area contributed by atoms with Gasteiger partial charge < -0.3 is 10.2 Å². The summed E-state index contributed by atoms with van der Waals surface area (Å²) in [4.78, 5) is 14.1. The Labute approximate surface area is 141 Å². The van der Waals surface area contributed by atoms with Crippen molar-refractivity contribution in [3.63, 3.8) is 0 Å². The first kappa shape index (κ1) is 19.0. The van der Waals surface area contributed by atoms with Gasteiger partial charge in [-0.1, -0.05) is 24.3 Å². The van der Waals surface area contributed by atoms with Crippen LogP contribution in [0.25, 0.3) is 0 Å². The number of hydrogen-bond acceptors (Lipinski definition) is 3. The summed E-state index contributed by atoms with van der Waals surface area (Å²) in [6.45, 7) is 5.35. The molecule has 0 aromatic heterocycles. The van der Waals surface area contributed by atoms with Crippen LogP contribution in [0.15, 0.2) is 36.9 Å².